The number of nitrogens with zero attached hydrogens (tertiary/aromatic N) is 1. The fourth-order valence-corrected chi connectivity index (χ4v) is 5.98. The van der Waals surface area contributed by atoms with E-state index in [0.29, 0.717) is 50.9 Å². The maximum atomic E-state index is 13.2. The SMILES string of the molecule is CCOc1cc(/C=C2\SC(=O)N(CC(=O)Nc3cc(C(F)(F)F)ccc3OC)C2=O)c(Br)cc1OCc1cccc2ccccc12. The van der Waals surface area contributed by atoms with Gasteiger partial charge in [-0.2, -0.15) is 13.2 Å². The molecule has 0 bridgehead atoms. The summed E-state index contributed by atoms with van der Waals surface area (Å²) < 4.78 is 57.2. The third-order valence-electron chi connectivity index (χ3n) is 6.89. The minimum Gasteiger partial charge on any atom is -0.495 e. The van der Waals surface area contributed by atoms with Gasteiger partial charge >= 0.3 is 6.18 Å². The van der Waals surface area contributed by atoms with E-state index < -0.39 is 35.3 Å². The molecule has 1 N–H and O–H groups in total. The molecule has 0 aliphatic carbocycles. The summed E-state index contributed by atoms with van der Waals surface area (Å²) in [6, 6.07) is 19.9. The van der Waals surface area contributed by atoms with E-state index in [2.05, 4.69) is 21.2 Å². The van der Waals surface area contributed by atoms with Gasteiger partial charge in [0.15, 0.2) is 11.5 Å². The molecule has 1 aliphatic rings. The molecule has 4 aromatic carbocycles. The van der Waals surface area contributed by atoms with Gasteiger partial charge in [0.05, 0.1) is 29.9 Å². The maximum absolute atomic E-state index is 13.2. The van der Waals surface area contributed by atoms with Crippen molar-refractivity contribution in [1.29, 1.82) is 0 Å². The van der Waals surface area contributed by atoms with Crippen LogP contribution in [0.2, 0.25) is 0 Å². The Kier molecular flexibility index (Phi) is 9.92. The van der Waals surface area contributed by atoms with E-state index in [-0.39, 0.29) is 22.9 Å². The summed E-state index contributed by atoms with van der Waals surface area (Å²) in [5.74, 6) is -0.745. The number of imide groups is 1. The van der Waals surface area contributed by atoms with Gasteiger partial charge in [-0.15, -0.1) is 0 Å². The summed E-state index contributed by atoms with van der Waals surface area (Å²) in [6.07, 6.45) is -3.17. The van der Waals surface area contributed by atoms with Crippen LogP contribution in [0, 0.1) is 0 Å². The zero-order chi connectivity index (χ0) is 33.0. The van der Waals surface area contributed by atoms with E-state index in [4.69, 9.17) is 14.2 Å². The molecule has 3 amide bonds. The second-order valence-corrected chi connectivity index (χ2v) is 11.8. The largest absolute Gasteiger partial charge is 0.495 e. The fraction of sp³-hybridized carbons (Fsp3) is 0.182. The first-order valence-electron chi connectivity index (χ1n) is 13.8. The van der Waals surface area contributed by atoms with Crippen LogP contribution >= 0.6 is 27.7 Å². The summed E-state index contributed by atoms with van der Waals surface area (Å²) in [5.41, 5.74) is 0.259. The second-order valence-electron chi connectivity index (χ2n) is 9.91. The van der Waals surface area contributed by atoms with Crippen LogP contribution < -0.4 is 19.5 Å². The molecular weight excluding hydrogens is 689 g/mol. The molecule has 46 heavy (non-hydrogen) atoms. The highest BCUT2D eigenvalue weighted by atomic mass is 79.9. The molecule has 8 nitrogen and oxygen atoms in total. The van der Waals surface area contributed by atoms with Crippen molar-refractivity contribution in [3.63, 3.8) is 0 Å². The first-order valence-corrected chi connectivity index (χ1v) is 15.5. The molecule has 13 heteroatoms. The number of carbonyl (C=O) groups excluding carboxylic acids is 3. The van der Waals surface area contributed by atoms with Gasteiger partial charge in [-0.25, -0.2) is 0 Å². The van der Waals surface area contributed by atoms with Crippen molar-refractivity contribution in [2.24, 2.45) is 0 Å². The zero-order valence-corrected chi connectivity index (χ0v) is 26.8. The molecule has 1 aliphatic heterocycles. The molecule has 0 radical (unpaired) electrons. The molecular formula is C33H26BrF3N2O6S. The zero-order valence-electron chi connectivity index (χ0n) is 24.4. The third-order valence-corrected chi connectivity index (χ3v) is 8.48. The summed E-state index contributed by atoms with van der Waals surface area (Å²) in [7, 11) is 1.23. The highest BCUT2D eigenvalue weighted by Crippen LogP contribution is 2.39. The maximum Gasteiger partial charge on any atom is 0.416 e. The van der Waals surface area contributed by atoms with Crippen LogP contribution in [-0.2, 0) is 22.4 Å². The Morgan fingerprint density at radius 3 is 2.46 bits per heavy atom. The summed E-state index contributed by atoms with van der Waals surface area (Å²) in [4.78, 5) is 39.4. The van der Waals surface area contributed by atoms with Gasteiger partial charge in [-0.3, -0.25) is 19.3 Å². The number of hydrogen-bond acceptors (Lipinski definition) is 7. The molecule has 0 aromatic heterocycles. The minimum atomic E-state index is -4.65. The summed E-state index contributed by atoms with van der Waals surface area (Å²) in [5, 5.41) is 3.75. The number of thioether (sulfide) groups is 1. The summed E-state index contributed by atoms with van der Waals surface area (Å²) in [6.45, 7) is 1.73. The van der Waals surface area contributed by atoms with Crippen LogP contribution in [0.5, 0.6) is 17.2 Å². The van der Waals surface area contributed by atoms with Crippen LogP contribution in [0.4, 0.5) is 23.7 Å². The van der Waals surface area contributed by atoms with Gasteiger partial charge < -0.3 is 19.5 Å². The lowest BCUT2D eigenvalue weighted by Gasteiger charge is -2.16. The van der Waals surface area contributed by atoms with E-state index in [0.717, 1.165) is 28.5 Å². The number of methoxy groups -OCH3 is 1. The molecule has 0 unspecified atom stereocenters. The Morgan fingerprint density at radius 1 is 0.978 bits per heavy atom. The van der Waals surface area contributed by atoms with Gasteiger partial charge in [-0.05, 0) is 77.0 Å². The van der Waals surface area contributed by atoms with Crippen molar-refractivity contribution in [2.45, 2.75) is 19.7 Å². The number of anilines is 1. The number of halogens is 4. The Balaban J connectivity index is 1.32. The number of alkyl halides is 3. The lowest BCUT2D eigenvalue weighted by molar-refractivity contribution is -0.137. The molecule has 0 spiro atoms. The molecule has 1 heterocycles. The van der Waals surface area contributed by atoms with Crippen molar-refractivity contribution in [2.75, 3.05) is 25.6 Å². The Morgan fingerprint density at radius 2 is 1.72 bits per heavy atom. The number of carbonyl (C=O) groups is 3. The second kappa shape index (κ2) is 13.9. The van der Waals surface area contributed by atoms with Crippen LogP contribution in [-0.4, -0.2) is 42.2 Å². The molecule has 0 saturated carbocycles. The number of hydrogen-bond donors (Lipinski definition) is 1. The number of benzene rings is 4. The van der Waals surface area contributed by atoms with Crippen molar-refractivity contribution in [3.05, 3.63) is 98.9 Å². The predicted octanol–water partition coefficient (Wildman–Crippen LogP) is 8.28. The molecule has 4 aromatic rings. The fourth-order valence-electron chi connectivity index (χ4n) is 4.71. The number of fused-ring (bicyclic) bond motifs is 1. The molecule has 0 atom stereocenters. The monoisotopic (exact) mass is 714 g/mol. The minimum absolute atomic E-state index is 0.0186. The van der Waals surface area contributed by atoms with E-state index in [1.807, 2.05) is 49.4 Å². The van der Waals surface area contributed by atoms with Gasteiger partial charge in [0.1, 0.15) is 18.9 Å². The van der Waals surface area contributed by atoms with Crippen molar-refractivity contribution in [3.8, 4) is 17.2 Å². The van der Waals surface area contributed by atoms with Gasteiger partial charge in [0.2, 0.25) is 5.91 Å². The normalized spacial score (nSPS) is 14.2. The van der Waals surface area contributed by atoms with Crippen LogP contribution in [0.1, 0.15) is 23.6 Å². The average molecular weight is 716 g/mol. The summed E-state index contributed by atoms with van der Waals surface area (Å²) >= 11 is 4.14. The lowest BCUT2D eigenvalue weighted by atomic mass is 10.1. The highest BCUT2D eigenvalue weighted by molar-refractivity contribution is 9.10. The first-order chi connectivity index (χ1) is 22.0. The van der Waals surface area contributed by atoms with Crippen LogP contribution in [0.15, 0.2) is 82.2 Å². The van der Waals surface area contributed by atoms with Gasteiger partial charge in [0, 0.05) is 4.47 Å². The van der Waals surface area contributed by atoms with Crippen molar-refractivity contribution in [1.82, 2.24) is 4.90 Å². The molecule has 1 fully saturated rings. The number of nitrogens with one attached hydrogen (secondary N) is 1. The van der Waals surface area contributed by atoms with E-state index in [9.17, 15) is 27.6 Å². The van der Waals surface area contributed by atoms with E-state index in [1.165, 1.54) is 13.2 Å². The van der Waals surface area contributed by atoms with Crippen LogP contribution in [0.3, 0.4) is 0 Å². The topological polar surface area (TPSA) is 94.2 Å². The Bertz CT molecular complexity index is 1860. The quantitative estimate of drug-likeness (QED) is 0.165. The highest BCUT2D eigenvalue weighted by Gasteiger charge is 2.37. The van der Waals surface area contributed by atoms with Gasteiger partial charge in [-0.1, -0.05) is 58.4 Å². The van der Waals surface area contributed by atoms with Crippen molar-refractivity contribution < 1.29 is 41.8 Å². The standard InChI is InChI=1S/C33H26BrF3N2O6S/c1-3-44-27-13-21(24(34)16-28(27)45-18-20-9-6-8-19-7-4-5-10-23(19)20)14-29-31(41)39(32(42)46-29)17-30(40)38-25-15-22(33(35,36)37)11-12-26(25)43-2/h4-16H,3,17-18H2,1-2H3,(H,38,40)/b29-14-. The Labute approximate surface area is 274 Å². The molecule has 238 valence electrons. The number of rotatable bonds is 10. The molecule has 1 saturated heterocycles. The number of amides is 3. The van der Waals surface area contributed by atoms with Crippen LogP contribution in [0.25, 0.3) is 16.8 Å². The predicted molar refractivity (Wildman–Crippen MR) is 173 cm³/mol. The van der Waals surface area contributed by atoms with E-state index in [1.54, 1.807) is 12.1 Å². The average Bonchev–Trinajstić information content (AvgIpc) is 3.28. The van der Waals surface area contributed by atoms with Gasteiger partial charge in [0.25, 0.3) is 11.1 Å². The molecule has 5 rings (SSSR count). The third kappa shape index (κ3) is 7.31. The first kappa shape index (κ1) is 32.9. The smallest absolute Gasteiger partial charge is 0.416 e. The Hall–Kier alpha value is -4.49. The lowest BCUT2D eigenvalue weighted by Crippen LogP contribution is -2.36. The van der Waals surface area contributed by atoms with E-state index >= 15 is 0 Å². The van der Waals surface area contributed by atoms with Crippen molar-refractivity contribution >= 4 is 67.3 Å². The number of ether oxygens (including phenoxy) is 3.